The fourth-order valence-corrected chi connectivity index (χ4v) is 3.31. The molecule has 0 atom stereocenters. The normalized spacial score (nSPS) is 10.9. The van der Waals surface area contributed by atoms with E-state index in [-0.39, 0.29) is 11.6 Å². The number of ether oxygens (including phenoxy) is 1. The molecule has 7 nitrogen and oxygen atoms in total. The fourth-order valence-electron chi connectivity index (χ4n) is 3.31. The maximum atomic E-state index is 12.8. The van der Waals surface area contributed by atoms with Crippen LogP contribution in [0, 0.1) is 20.8 Å². The molecule has 0 saturated carbocycles. The molecule has 0 fully saturated rings. The third-order valence-electron chi connectivity index (χ3n) is 4.84. The maximum absolute atomic E-state index is 12.8. The van der Waals surface area contributed by atoms with E-state index in [9.17, 15) is 4.79 Å². The summed E-state index contributed by atoms with van der Waals surface area (Å²) >= 11 is 0. The van der Waals surface area contributed by atoms with Crippen LogP contribution in [-0.2, 0) is 0 Å². The molecule has 0 aliphatic rings. The zero-order valence-electron chi connectivity index (χ0n) is 16.7. The van der Waals surface area contributed by atoms with E-state index in [1.54, 1.807) is 11.6 Å². The van der Waals surface area contributed by atoms with Crippen LogP contribution in [-0.4, -0.2) is 32.8 Å². The second-order valence-corrected chi connectivity index (χ2v) is 6.85. The summed E-state index contributed by atoms with van der Waals surface area (Å²) in [6.07, 6.45) is 0. The Morgan fingerprint density at radius 3 is 2.45 bits per heavy atom. The van der Waals surface area contributed by atoms with E-state index in [1.165, 1.54) is 0 Å². The highest BCUT2D eigenvalue weighted by atomic mass is 16.5. The van der Waals surface area contributed by atoms with E-state index < -0.39 is 0 Å². The number of carbonyl (C=O) groups is 1. The molecular weight excluding hydrogens is 366 g/mol. The van der Waals surface area contributed by atoms with Crippen molar-refractivity contribution >= 4 is 17.2 Å². The minimum absolute atomic E-state index is 0.229. The summed E-state index contributed by atoms with van der Waals surface area (Å²) in [6.45, 7) is 5.71. The lowest BCUT2D eigenvalue weighted by molar-refractivity contribution is 0.102. The Balaban J connectivity index is 1.77. The van der Waals surface area contributed by atoms with Crippen molar-refractivity contribution in [3.8, 4) is 16.9 Å². The predicted octanol–water partition coefficient (Wildman–Crippen LogP) is 3.98. The second-order valence-electron chi connectivity index (χ2n) is 6.85. The molecule has 2 aromatic carbocycles. The lowest BCUT2D eigenvalue weighted by Crippen LogP contribution is -2.18. The van der Waals surface area contributed by atoms with Crippen molar-refractivity contribution in [2.45, 2.75) is 20.8 Å². The molecular formula is C22H21N5O2. The van der Waals surface area contributed by atoms with Gasteiger partial charge in [0.2, 0.25) is 0 Å². The second kappa shape index (κ2) is 7.35. The maximum Gasteiger partial charge on any atom is 0.278 e. The molecule has 2 aromatic heterocycles. The molecule has 1 N–H and O–H groups in total. The molecule has 0 aliphatic heterocycles. The summed E-state index contributed by atoms with van der Waals surface area (Å²) in [7, 11) is 1.63. The highest BCUT2D eigenvalue weighted by Crippen LogP contribution is 2.34. The number of fused-ring (bicyclic) bond motifs is 1. The summed E-state index contributed by atoms with van der Waals surface area (Å²) in [5, 5.41) is 16.0. The number of anilines is 1. The predicted molar refractivity (Wildman–Crippen MR) is 111 cm³/mol. The first-order valence-corrected chi connectivity index (χ1v) is 9.23. The van der Waals surface area contributed by atoms with Gasteiger partial charge < -0.3 is 10.1 Å². The summed E-state index contributed by atoms with van der Waals surface area (Å²) in [5.41, 5.74) is 5.75. The summed E-state index contributed by atoms with van der Waals surface area (Å²) < 4.78 is 7.15. The number of rotatable bonds is 4. The highest BCUT2D eigenvalue weighted by Gasteiger charge is 2.21. The number of benzene rings is 2. The van der Waals surface area contributed by atoms with Crippen molar-refractivity contribution in [2.24, 2.45) is 0 Å². The number of nitrogens with one attached hydrogen (secondary N) is 1. The van der Waals surface area contributed by atoms with Crippen molar-refractivity contribution in [3.63, 3.8) is 0 Å². The van der Waals surface area contributed by atoms with Crippen LogP contribution in [0.25, 0.3) is 16.8 Å². The monoisotopic (exact) mass is 387 g/mol. The number of amides is 1. The Morgan fingerprint density at radius 2 is 1.72 bits per heavy atom. The zero-order chi connectivity index (χ0) is 20.5. The van der Waals surface area contributed by atoms with Crippen LogP contribution >= 0.6 is 0 Å². The number of para-hydroxylation sites is 1. The molecule has 4 aromatic rings. The molecule has 7 heteroatoms. The van der Waals surface area contributed by atoms with Crippen LogP contribution in [0.5, 0.6) is 5.75 Å². The van der Waals surface area contributed by atoms with Crippen molar-refractivity contribution in [1.29, 1.82) is 0 Å². The van der Waals surface area contributed by atoms with Gasteiger partial charge in [-0.2, -0.15) is 5.10 Å². The molecule has 0 bridgehead atoms. The van der Waals surface area contributed by atoms with Crippen LogP contribution in [0.2, 0.25) is 0 Å². The third kappa shape index (κ3) is 3.31. The first-order valence-electron chi connectivity index (χ1n) is 9.23. The standard InChI is InChI=1S/C22H21N5O2/c1-13-9-11-16(12-10-13)23-22(28)20-15(3)27-21(25-24-20)19(14(2)26-27)17-7-5-6-8-18(17)29-4/h5-12H,1-4H3,(H,23,28). The molecule has 0 unspecified atom stereocenters. The van der Waals surface area contributed by atoms with Gasteiger partial charge in [0.05, 0.1) is 24.1 Å². The number of aryl methyl sites for hydroxylation is 3. The van der Waals surface area contributed by atoms with Crippen molar-refractivity contribution in [2.75, 3.05) is 12.4 Å². The van der Waals surface area contributed by atoms with Gasteiger partial charge in [-0.05, 0) is 39.0 Å². The first kappa shape index (κ1) is 18.6. The number of carbonyl (C=O) groups excluding carboxylic acids is 1. The van der Waals surface area contributed by atoms with Gasteiger partial charge >= 0.3 is 0 Å². The third-order valence-corrected chi connectivity index (χ3v) is 4.84. The molecule has 29 heavy (non-hydrogen) atoms. The Labute approximate surface area is 168 Å². The van der Waals surface area contributed by atoms with Gasteiger partial charge in [-0.1, -0.05) is 35.9 Å². The summed E-state index contributed by atoms with van der Waals surface area (Å²) in [5.74, 6) is 0.402. The van der Waals surface area contributed by atoms with Crippen molar-refractivity contribution in [3.05, 3.63) is 71.2 Å². The van der Waals surface area contributed by atoms with Crippen LogP contribution < -0.4 is 10.1 Å². The van der Waals surface area contributed by atoms with Crippen LogP contribution in [0.4, 0.5) is 5.69 Å². The average Bonchev–Trinajstić information content (AvgIpc) is 3.06. The van der Waals surface area contributed by atoms with Gasteiger partial charge in [0, 0.05) is 11.3 Å². The smallest absolute Gasteiger partial charge is 0.278 e. The minimum atomic E-state index is -0.326. The van der Waals surface area contributed by atoms with Crippen LogP contribution in [0.1, 0.15) is 27.4 Å². The lowest BCUT2D eigenvalue weighted by atomic mass is 10.1. The highest BCUT2D eigenvalue weighted by molar-refractivity contribution is 6.03. The Morgan fingerprint density at radius 1 is 1.00 bits per heavy atom. The molecule has 0 saturated heterocycles. The Hall–Kier alpha value is -3.74. The fraction of sp³-hybridized carbons (Fsp3) is 0.182. The number of nitrogens with zero attached hydrogens (tertiary/aromatic N) is 4. The van der Waals surface area contributed by atoms with Crippen LogP contribution in [0.15, 0.2) is 48.5 Å². The number of aromatic nitrogens is 4. The van der Waals surface area contributed by atoms with Gasteiger partial charge in [-0.25, -0.2) is 4.52 Å². The first-order chi connectivity index (χ1) is 14.0. The van der Waals surface area contributed by atoms with E-state index in [2.05, 4.69) is 20.6 Å². The molecule has 1 amide bonds. The minimum Gasteiger partial charge on any atom is -0.496 e. The number of hydrogen-bond donors (Lipinski definition) is 1. The molecule has 4 rings (SSSR count). The van der Waals surface area contributed by atoms with Gasteiger partial charge in [0.1, 0.15) is 5.75 Å². The van der Waals surface area contributed by atoms with Gasteiger partial charge in [-0.15, -0.1) is 10.2 Å². The molecule has 0 spiro atoms. The van der Waals surface area contributed by atoms with Gasteiger partial charge in [0.15, 0.2) is 11.3 Å². The van der Waals surface area contributed by atoms with E-state index >= 15 is 0 Å². The van der Waals surface area contributed by atoms with Gasteiger partial charge in [0.25, 0.3) is 5.91 Å². The SMILES string of the molecule is COc1ccccc1-c1c(C)nn2c(C)c(C(=O)Nc3ccc(C)cc3)nnc12. The molecule has 146 valence electrons. The summed E-state index contributed by atoms with van der Waals surface area (Å²) in [6, 6.07) is 15.3. The summed E-state index contributed by atoms with van der Waals surface area (Å²) in [4.78, 5) is 12.8. The van der Waals surface area contributed by atoms with Crippen LogP contribution in [0.3, 0.4) is 0 Å². The molecule has 0 aliphatic carbocycles. The quantitative estimate of drug-likeness (QED) is 0.573. The molecule has 2 heterocycles. The number of methoxy groups -OCH3 is 1. The average molecular weight is 387 g/mol. The number of hydrogen-bond acceptors (Lipinski definition) is 5. The lowest BCUT2D eigenvalue weighted by Gasteiger charge is -2.09. The largest absolute Gasteiger partial charge is 0.496 e. The van der Waals surface area contributed by atoms with E-state index in [0.29, 0.717) is 17.0 Å². The van der Waals surface area contributed by atoms with Crippen molar-refractivity contribution in [1.82, 2.24) is 19.8 Å². The van der Waals surface area contributed by atoms with E-state index in [0.717, 1.165) is 28.1 Å². The van der Waals surface area contributed by atoms with E-state index in [1.807, 2.05) is 69.3 Å². The van der Waals surface area contributed by atoms with E-state index in [4.69, 9.17) is 4.74 Å². The topological polar surface area (TPSA) is 81.4 Å². The van der Waals surface area contributed by atoms with Gasteiger partial charge in [-0.3, -0.25) is 4.79 Å². The Bertz CT molecular complexity index is 1210. The van der Waals surface area contributed by atoms with Crippen molar-refractivity contribution < 1.29 is 9.53 Å². The Kier molecular flexibility index (Phi) is 4.72. The molecule has 0 radical (unpaired) electrons. The zero-order valence-corrected chi connectivity index (χ0v) is 16.7.